The van der Waals surface area contributed by atoms with Crippen molar-refractivity contribution in [3.63, 3.8) is 0 Å². The summed E-state index contributed by atoms with van der Waals surface area (Å²) in [6.07, 6.45) is 4.25. The zero-order valence-corrected chi connectivity index (χ0v) is 8.23. The molecular weight excluding hydrogens is 190 g/mol. The number of aliphatic imine (C=N–C) groups is 1. The largest absolute Gasteiger partial charge is 0.481 e. The van der Waals surface area contributed by atoms with E-state index in [0.29, 0.717) is 0 Å². The molecule has 0 radical (unpaired) electrons. The molecule has 1 aliphatic carbocycles. The van der Waals surface area contributed by atoms with Gasteiger partial charge in [0.05, 0.1) is 11.1 Å². The van der Waals surface area contributed by atoms with Gasteiger partial charge in [-0.3, -0.25) is 9.79 Å². The molecular formula is C12H11NO2. The van der Waals surface area contributed by atoms with Crippen LogP contribution in [0.3, 0.4) is 0 Å². The van der Waals surface area contributed by atoms with E-state index in [9.17, 15) is 4.79 Å². The normalized spacial score (nSPS) is 20.0. The summed E-state index contributed by atoms with van der Waals surface area (Å²) in [6.45, 7) is 0. The van der Waals surface area contributed by atoms with Gasteiger partial charge in [0, 0.05) is 12.6 Å². The molecule has 1 aromatic carbocycles. The van der Waals surface area contributed by atoms with Gasteiger partial charge in [-0.2, -0.15) is 0 Å². The number of aliphatic carboxylic acids is 1. The van der Waals surface area contributed by atoms with E-state index in [1.54, 1.807) is 0 Å². The minimum atomic E-state index is -0.704. The van der Waals surface area contributed by atoms with Crippen LogP contribution < -0.4 is 0 Å². The Morgan fingerprint density at radius 2 is 2.20 bits per heavy atom. The summed E-state index contributed by atoms with van der Waals surface area (Å²) in [7, 11) is 0. The predicted octanol–water partition coefficient (Wildman–Crippen LogP) is 2.06. The van der Waals surface area contributed by atoms with Crippen molar-refractivity contribution in [3.8, 4) is 0 Å². The number of benzene rings is 1. The van der Waals surface area contributed by atoms with Crippen molar-refractivity contribution < 1.29 is 9.90 Å². The van der Waals surface area contributed by atoms with Crippen LogP contribution in [0, 0.1) is 0 Å². The Labute approximate surface area is 87.5 Å². The Kier molecular flexibility index (Phi) is 1.55. The van der Waals surface area contributed by atoms with Gasteiger partial charge in [-0.15, -0.1) is 0 Å². The van der Waals surface area contributed by atoms with Crippen molar-refractivity contribution in [2.75, 3.05) is 0 Å². The molecule has 2 aliphatic rings. The first-order valence-corrected chi connectivity index (χ1v) is 5.12. The van der Waals surface area contributed by atoms with E-state index < -0.39 is 11.4 Å². The van der Waals surface area contributed by atoms with Crippen LogP contribution in [0.1, 0.15) is 24.0 Å². The second-order valence-electron chi connectivity index (χ2n) is 4.25. The Hall–Kier alpha value is -1.64. The highest BCUT2D eigenvalue weighted by Gasteiger charge is 2.51. The lowest BCUT2D eigenvalue weighted by atomic mass is 9.94. The maximum atomic E-state index is 11.1. The van der Waals surface area contributed by atoms with Crippen molar-refractivity contribution >= 4 is 17.9 Å². The van der Waals surface area contributed by atoms with Crippen molar-refractivity contribution in [3.05, 3.63) is 29.3 Å². The molecule has 0 spiro atoms. The maximum Gasteiger partial charge on any atom is 0.314 e. The van der Waals surface area contributed by atoms with Crippen molar-refractivity contribution in [2.24, 2.45) is 4.99 Å². The van der Waals surface area contributed by atoms with Crippen molar-refractivity contribution in [1.29, 1.82) is 0 Å². The number of carboxylic acid groups (broad SMARTS) is 1. The molecule has 1 N–H and O–H groups in total. The monoisotopic (exact) mass is 201 g/mol. The predicted molar refractivity (Wildman–Crippen MR) is 56.8 cm³/mol. The SMILES string of the molecule is O=C(O)C1(c2ccc3c(c2)N=CC3)CC1. The number of fused-ring (bicyclic) bond motifs is 1. The van der Waals surface area contributed by atoms with Gasteiger partial charge in [-0.05, 0) is 30.0 Å². The summed E-state index contributed by atoms with van der Waals surface area (Å²) >= 11 is 0. The molecule has 1 fully saturated rings. The van der Waals surface area contributed by atoms with Gasteiger partial charge < -0.3 is 5.11 Å². The van der Waals surface area contributed by atoms with E-state index in [1.807, 2.05) is 24.4 Å². The number of carboxylic acids is 1. The highest BCUT2D eigenvalue weighted by molar-refractivity contribution is 5.86. The Balaban J connectivity index is 2.07. The fourth-order valence-electron chi connectivity index (χ4n) is 2.15. The molecule has 1 saturated carbocycles. The average Bonchev–Trinajstić information content (AvgIpc) is 2.91. The first kappa shape index (κ1) is 8.65. The number of carbonyl (C=O) groups is 1. The quantitative estimate of drug-likeness (QED) is 0.796. The molecule has 0 atom stereocenters. The van der Waals surface area contributed by atoms with Crippen LogP contribution in [-0.2, 0) is 16.6 Å². The Morgan fingerprint density at radius 3 is 2.87 bits per heavy atom. The van der Waals surface area contributed by atoms with Crippen LogP contribution in [0.15, 0.2) is 23.2 Å². The van der Waals surface area contributed by atoms with Gasteiger partial charge in [0.25, 0.3) is 0 Å². The molecule has 3 rings (SSSR count). The third-order valence-electron chi connectivity index (χ3n) is 3.34. The van der Waals surface area contributed by atoms with E-state index in [1.165, 1.54) is 5.56 Å². The number of nitrogens with zero attached hydrogens (tertiary/aromatic N) is 1. The van der Waals surface area contributed by atoms with Gasteiger partial charge in [-0.25, -0.2) is 0 Å². The van der Waals surface area contributed by atoms with Gasteiger partial charge >= 0.3 is 5.97 Å². The van der Waals surface area contributed by atoms with Crippen molar-refractivity contribution in [1.82, 2.24) is 0 Å². The summed E-state index contributed by atoms with van der Waals surface area (Å²) in [5, 5.41) is 9.17. The van der Waals surface area contributed by atoms with Crippen LogP contribution in [-0.4, -0.2) is 17.3 Å². The number of rotatable bonds is 2. The minimum Gasteiger partial charge on any atom is -0.481 e. The molecule has 0 saturated heterocycles. The summed E-state index contributed by atoms with van der Waals surface area (Å²) in [5.41, 5.74) is 2.44. The Bertz CT molecular complexity index is 473. The lowest BCUT2D eigenvalue weighted by molar-refractivity contribution is -0.140. The van der Waals surface area contributed by atoms with E-state index in [-0.39, 0.29) is 0 Å². The number of hydrogen-bond donors (Lipinski definition) is 1. The topological polar surface area (TPSA) is 49.7 Å². The zero-order valence-electron chi connectivity index (χ0n) is 8.23. The second kappa shape index (κ2) is 2.69. The lowest BCUT2D eigenvalue weighted by Crippen LogP contribution is -2.19. The third kappa shape index (κ3) is 1.12. The van der Waals surface area contributed by atoms with Crippen LogP contribution in [0.25, 0.3) is 0 Å². The standard InChI is InChI=1S/C12H11NO2/c14-11(15)12(4-5-12)9-2-1-8-3-6-13-10(8)7-9/h1-2,6-7H,3-5H2,(H,14,15). The van der Waals surface area contributed by atoms with Gasteiger partial charge in [0.2, 0.25) is 0 Å². The van der Waals surface area contributed by atoms with E-state index in [4.69, 9.17) is 5.11 Å². The van der Waals surface area contributed by atoms with E-state index >= 15 is 0 Å². The van der Waals surface area contributed by atoms with Crippen molar-refractivity contribution in [2.45, 2.75) is 24.7 Å². The molecule has 1 aliphatic heterocycles. The van der Waals surface area contributed by atoms with Crippen LogP contribution in [0.2, 0.25) is 0 Å². The molecule has 3 nitrogen and oxygen atoms in total. The fraction of sp³-hybridized carbons (Fsp3) is 0.333. The molecule has 0 unspecified atom stereocenters. The van der Waals surface area contributed by atoms with E-state index in [2.05, 4.69) is 4.99 Å². The Morgan fingerprint density at radius 1 is 1.40 bits per heavy atom. The third-order valence-corrected chi connectivity index (χ3v) is 3.34. The molecule has 76 valence electrons. The molecule has 1 heterocycles. The highest BCUT2D eigenvalue weighted by Crippen LogP contribution is 2.49. The maximum absolute atomic E-state index is 11.1. The van der Waals surface area contributed by atoms with Gasteiger partial charge in [0.15, 0.2) is 0 Å². The highest BCUT2D eigenvalue weighted by atomic mass is 16.4. The van der Waals surface area contributed by atoms with Crippen LogP contribution in [0.5, 0.6) is 0 Å². The molecule has 0 aromatic heterocycles. The van der Waals surface area contributed by atoms with Gasteiger partial charge in [0.1, 0.15) is 0 Å². The first-order valence-electron chi connectivity index (χ1n) is 5.12. The molecule has 3 heteroatoms. The van der Waals surface area contributed by atoms with Gasteiger partial charge in [-0.1, -0.05) is 12.1 Å². The summed E-state index contributed by atoms with van der Waals surface area (Å²) in [5.74, 6) is -0.704. The smallest absolute Gasteiger partial charge is 0.314 e. The van der Waals surface area contributed by atoms with Crippen LogP contribution >= 0.6 is 0 Å². The number of hydrogen-bond acceptors (Lipinski definition) is 2. The summed E-state index contributed by atoms with van der Waals surface area (Å²) in [4.78, 5) is 15.4. The summed E-state index contributed by atoms with van der Waals surface area (Å²) in [6, 6.07) is 5.87. The zero-order chi connectivity index (χ0) is 10.5. The van der Waals surface area contributed by atoms with E-state index in [0.717, 1.165) is 30.5 Å². The first-order chi connectivity index (χ1) is 7.22. The summed E-state index contributed by atoms with van der Waals surface area (Å²) < 4.78 is 0. The average molecular weight is 201 g/mol. The van der Waals surface area contributed by atoms with Crippen LogP contribution in [0.4, 0.5) is 5.69 Å². The fourth-order valence-corrected chi connectivity index (χ4v) is 2.15. The molecule has 0 amide bonds. The minimum absolute atomic E-state index is 0.604. The molecule has 15 heavy (non-hydrogen) atoms. The second-order valence-corrected chi connectivity index (χ2v) is 4.25. The molecule has 1 aromatic rings. The lowest BCUT2D eigenvalue weighted by Gasteiger charge is -2.10. The molecule has 0 bridgehead atoms.